The highest BCUT2D eigenvalue weighted by atomic mass is 16.5. The number of hydrogen-bond acceptors (Lipinski definition) is 4. The van der Waals surface area contributed by atoms with Crippen molar-refractivity contribution in [2.75, 3.05) is 19.7 Å². The molecule has 1 aliphatic rings. The van der Waals surface area contributed by atoms with Gasteiger partial charge in [0.2, 0.25) is 5.76 Å². The number of carbonyl (C=O) groups excluding carboxylic acids is 1. The molecule has 1 atom stereocenters. The lowest BCUT2D eigenvalue weighted by Crippen LogP contribution is -2.38. The van der Waals surface area contributed by atoms with E-state index in [0.29, 0.717) is 26.1 Å². The average molecular weight is 357 g/mol. The van der Waals surface area contributed by atoms with Crippen LogP contribution in [0.2, 0.25) is 0 Å². The topological polar surface area (TPSA) is 80.0 Å². The van der Waals surface area contributed by atoms with E-state index in [0.717, 1.165) is 18.4 Å². The van der Waals surface area contributed by atoms with Crippen LogP contribution < -0.4 is 0 Å². The summed E-state index contributed by atoms with van der Waals surface area (Å²) in [5.41, 5.74) is 2.34. The van der Waals surface area contributed by atoms with Crippen LogP contribution in [0.25, 0.3) is 0 Å². The van der Waals surface area contributed by atoms with Crippen molar-refractivity contribution in [2.45, 2.75) is 32.3 Å². The maximum atomic E-state index is 12.8. The van der Waals surface area contributed by atoms with Crippen molar-refractivity contribution in [3.8, 4) is 0 Å². The number of hydrogen-bond donors (Lipinski definition) is 1. The first kappa shape index (κ1) is 18.2. The second-order valence-corrected chi connectivity index (χ2v) is 6.59. The molecule has 0 saturated carbocycles. The third-order valence-corrected chi connectivity index (χ3v) is 4.55. The summed E-state index contributed by atoms with van der Waals surface area (Å²) in [6.07, 6.45) is 2.65. The van der Waals surface area contributed by atoms with Crippen molar-refractivity contribution < 1.29 is 23.8 Å². The molecule has 2 heterocycles. The third-order valence-electron chi connectivity index (χ3n) is 4.55. The van der Waals surface area contributed by atoms with E-state index in [1.54, 1.807) is 4.90 Å². The zero-order valence-electron chi connectivity index (χ0n) is 14.8. The maximum Gasteiger partial charge on any atom is 0.371 e. The van der Waals surface area contributed by atoms with E-state index < -0.39 is 5.97 Å². The van der Waals surface area contributed by atoms with Gasteiger partial charge >= 0.3 is 5.97 Å². The molecule has 1 unspecified atom stereocenters. The van der Waals surface area contributed by atoms with Crippen molar-refractivity contribution in [3.63, 3.8) is 0 Å². The van der Waals surface area contributed by atoms with Crippen molar-refractivity contribution in [1.82, 2.24) is 4.90 Å². The molecule has 0 bridgehead atoms. The Morgan fingerprint density at radius 2 is 1.88 bits per heavy atom. The van der Waals surface area contributed by atoms with E-state index in [2.05, 4.69) is 12.1 Å². The summed E-state index contributed by atoms with van der Waals surface area (Å²) in [4.78, 5) is 25.5. The molecule has 1 N–H and O–H groups in total. The van der Waals surface area contributed by atoms with E-state index >= 15 is 0 Å². The molecular formula is C20H23NO5. The second kappa shape index (κ2) is 8.19. The third kappa shape index (κ3) is 4.52. The first-order valence-corrected chi connectivity index (χ1v) is 8.82. The Morgan fingerprint density at radius 3 is 2.50 bits per heavy atom. The van der Waals surface area contributed by atoms with Crippen molar-refractivity contribution in [3.05, 3.63) is 59.0 Å². The molecule has 26 heavy (non-hydrogen) atoms. The number of benzene rings is 1. The average Bonchev–Trinajstić information content (AvgIpc) is 3.31. The van der Waals surface area contributed by atoms with Gasteiger partial charge in [0.15, 0.2) is 5.76 Å². The lowest BCUT2D eigenvalue weighted by atomic mass is 10.1. The van der Waals surface area contributed by atoms with Crippen LogP contribution >= 0.6 is 0 Å². The fourth-order valence-corrected chi connectivity index (χ4v) is 3.05. The molecule has 1 aliphatic heterocycles. The van der Waals surface area contributed by atoms with Gasteiger partial charge in [0.1, 0.15) is 0 Å². The Hall–Kier alpha value is -2.60. The highest BCUT2D eigenvalue weighted by Gasteiger charge is 2.25. The minimum atomic E-state index is -1.19. The lowest BCUT2D eigenvalue weighted by molar-refractivity contribution is 0.0500. The smallest absolute Gasteiger partial charge is 0.371 e. The molecule has 1 saturated heterocycles. The van der Waals surface area contributed by atoms with Crippen LogP contribution in [0.3, 0.4) is 0 Å². The molecule has 1 aromatic carbocycles. The van der Waals surface area contributed by atoms with Gasteiger partial charge < -0.3 is 19.2 Å². The van der Waals surface area contributed by atoms with Crippen molar-refractivity contribution in [2.24, 2.45) is 0 Å². The van der Waals surface area contributed by atoms with E-state index in [1.165, 1.54) is 17.7 Å². The Labute approximate surface area is 152 Å². The summed E-state index contributed by atoms with van der Waals surface area (Å²) in [7, 11) is 0. The molecule has 0 aliphatic carbocycles. The monoisotopic (exact) mass is 357 g/mol. The van der Waals surface area contributed by atoms with Crippen LogP contribution in [0.5, 0.6) is 0 Å². The number of aromatic carboxylic acids is 1. The predicted molar refractivity (Wildman–Crippen MR) is 95.4 cm³/mol. The summed E-state index contributed by atoms with van der Waals surface area (Å²) >= 11 is 0. The fraction of sp³-hybridized carbons (Fsp3) is 0.400. The summed E-state index contributed by atoms with van der Waals surface area (Å²) in [6, 6.07) is 10.9. The molecule has 138 valence electrons. The molecule has 6 heteroatoms. The van der Waals surface area contributed by atoms with E-state index in [1.807, 2.05) is 19.1 Å². The predicted octanol–water partition coefficient (Wildman–Crippen LogP) is 3.15. The van der Waals surface area contributed by atoms with Gasteiger partial charge in [-0.05, 0) is 43.9 Å². The Bertz CT molecular complexity index is 759. The second-order valence-electron chi connectivity index (χ2n) is 6.59. The molecule has 1 fully saturated rings. The molecule has 6 nitrogen and oxygen atoms in total. The lowest BCUT2D eigenvalue weighted by Gasteiger charge is -2.24. The van der Waals surface area contributed by atoms with Crippen LogP contribution in [0.1, 0.15) is 45.1 Å². The van der Waals surface area contributed by atoms with Gasteiger partial charge in [-0.25, -0.2) is 4.79 Å². The first-order chi connectivity index (χ1) is 12.5. The van der Waals surface area contributed by atoms with Crippen LogP contribution in [0.4, 0.5) is 0 Å². The van der Waals surface area contributed by atoms with Gasteiger partial charge in [-0.2, -0.15) is 0 Å². The van der Waals surface area contributed by atoms with Crippen LogP contribution in [0, 0.1) is 6.92 Å². The molecule has 1 aromatic heterocycles. The normalized spacial score (nSPS) is 16.6. The fourth-order valence-electron chi connectivity index (χ4n) is 3.05. The number of carbonyl (C=O) groups is 2. The summed E-state index contributed by atoms with van der Waals surface area (Å²) in [5, 5.41) is 8.98. The summed E-state index contributed by atoms with van der Waals surface area (Å²) in [5.74, 6) is -1.68. The first-order valence-electron chi connectivity index (χ1n) is 8.82. The van der Waals surface area contributed by atoms with Crippen LogP contribution in [-0.2, 0) is 11.2 Å². The maximum absolute atomic E-state index is 12.8. The van der Waals surface area contributed by atoms with Crippen LogP contribution in [0.15, 0.2) is 40.8 Å². The number of nitrogens with zero attached hydrogens (tertiary/aromatic N) is 1. The summed E-state index contributed by atoms with van der Waals surface area (Å²) < 4.78 is 10.9. The Kier molecular flexibility index (Phi) is 5.73. The standard InChI is InChI=1S/C20H23NO5/c1-14-4-6-15(7-5-14)10-11-21(13-16-3-2-12-25-16)19(22)17-8-9-18(26-17)20(23)24/h4-9,16H,2-3,10-13H2,1H3,(H,23,24). The SMILES string of the molecule is Cc1ccc(CCN(CC2CCCO2)C(=O)c2ccc(C(=O)O)o2)cc1. The number of carboxylic acids is 1. The van der Waals surface area contributed by atoms with Gasteiger partial charge in [-0.3, -0.25) is 4.79 Å². The highest BCUT2D eigenvalue weighted by molar-refractivity contribution is 5.93. The number of amides is 1. The van der Waals surface area contributed by atoms with E-state index in [9.17, 15) is 9.59 Å². The van der Waals surface area contributed by atoms with Gasteiger partial charge in [0.05, 0.1) is 6.10 Å². The minimum absolute atomic E-state index is 0.0193. The summed E-state index contributed by atoms with van der Waals surface area (Å²) in [6.45, 7) is 3.75. The molecular weight excluding hydrogens is 334 g/mol. The number of furan rings is 1. The molecule has 1 amide bonds. The van der Waals surface area contributed by atoms with Gasteiger partial charge in [-0.15, -0.1) is 0 Å². The quantitative estimate of drug-likeness (QED) is 0.823. The Balaban J connectivity index is 1.71. The largest absolute Gasteiger partial charge is 0.475 e. The van der Waals surface area contributed by atoms with Gasteiger partial charge in [0.25, 0.3) is 5.91 Å². The van der Waals surface area contributed by atoms with Crippen LogP contribution in [-0.4, -0.2) is 47.7 Å². The molecule has 2 aromatic rings. The van der Waals surface area contributed by atoms with Crippen molar-refractivity contribution in [1.29, 1.82) is 0 Å². The van der Waals surface area contributed by atoms with E-state index in [-0.39, 0.29) is 23.5 Å². The van der Waals surface area contributed by atoms with Gasteiger partial charge in [-0.1, -0.05) is 29.8 Å². The molecule has 3 rings (SSSR count). The number of ether oxygens (including phenoxy) is 1. The number of carboxylic acid groups (broad SMARTS) is 1. The zero-order chi connectivity index (χ0) is 18.5. The minimum Gasteiger partial charge on any atom is -0.475 e. The Morgan fingerprint density at radius 1 is 1.15 bits per heavy atom. The number of aryl methyl sites for hydroxylation is 1. The van der Waals surface area contributed by atoms with Crippen molar-refractivity contribution >= 4 is 11.9 Å². The number of rotatable bonds is 7. The molecule has 0 spiro atoms. The zero-order valence-corrected chi connectivity index (χ0v) is 14.8. The van der Waals surface area contributed by atoms with E-state index in [4.69, 9.17) is 14.3 Å². The molecule has 0 radical (unpaired) electrons. The van der Waals surface area contributed by atoms with Gasteiger partial charge in [0, 0.05) is 19.7 Å². The highest BCUT2D eigenvalue weighted by Crippen LogP contribution is 2.17.